The zero-order valence-electron chi connectivity index (χ0n) is 10.5. The molecule has 0 aliphatic rings. The monoisotopic (exact) mass is 308 g/mol. The van der Waals surface area contributed by atoms with Gasteiger partial charge in [0.2, 0.25) is 0 Å². The predicted octanol–water partition coefficient (Wildman–Crippen LogP) is 2.65. The van der Waals surface area contributed by atoms with Gasteiger partial charge in [0.15, 0.2) is 0 Å². The van der Waals surface area contributed by atoms with Crippen molar-refractivity contribution in [2.45, 2.75) is 0 Å². The molecule has 0 radical (unpaired) electrons. The molecule has 0 aromatic heterocycles. The molecule has 0 saturated carbocycles. The van der Waals surface area contributed by atoms with Crippen LogP contribution in [-0.2, 0) is 0 Å². The summed E-state index contributed by atoms with van der Waals surface area (Å²) < 4.78 is 13.5. The zero-order valence-corrected chi connectivity index (χ0v) is 11.3. The van der Waals surface area contributed by atoms with Crippen LogP contribution < -0.4 is 5.43 Å². The number of amides is 1. The van der Waals surface area contributed by atoms with Crippen molar-refractivity contribution in [3.63, 3.8) is 0 Å². The van der Waals surface area contributed by atoms with Gasteiger partial charge in [0, 0.05) is 11.6 Å². The number of phenolic OH excluding ortho intramolecular Hbond substituents is 2. The number of halogens is 2. The van der Waals surface area contributed by atoms with Crippen molar-refractivity contribution >= 4 is 23.7 Å². The van der Waals surface area contributed by atoms with Gasteiger partial charge in [0.05, 0.1) is 16.8 Å². The molecule has 0 bridgehead atoms. The van der Waals surface area contributed by atoms with E-state index >= 15 is 0 Å². The molecular weight excluding hydrogens is 299 g/mol. The molecule has 0 spiro atoms. The number of carbonyl (C=O) groups is 1. The number of benzene rings is 2. The van der Waals surface area contributed by atoms with Crippen molar-refractivity contribution < 1.29 is 19.4 Å². The Morgan fingerprint density at radius 1 is 1.29 bits per heavy atom. The first-order valence-corrected chi connectivity index (χ1v) is 6.16. The molecule has 2 aromatic carbocycles. The summed E-state index contributed by atoms with van der Waals surface area (Å²) in [5.41, 5.74) is 2.08. The zero-order chi connectivity index (χ0) is 15.4. The van der Waals surface area contributed by atoms with E-state index in [-0.39, 0.29) is 21.9 Å². The van der Waals surface area contributed by atoms with Crippen LogP contribution in [0.1, 0.15) is 15.9 Å². The number of carbonyl (C=O) groups excluding carboxylic acids is 1. The normalized spacial score (nSPS) is 10.8. The van der Waals surface area contributed by atoms with Gasteiger partial charge < -0.3 is 10.2 Å². The second kappa shape index (κ2) is 6.23. The molecule has 0 aliphatic carbocycles. The van der Waals surface area contributed by atoms with Crippen LogP contribution in [0.5, 0.6) is 11.5 Å². The summed E-state index contributed by atoms with van der Waals surface area (Å²) in [6, 6.07) is 7.63. The third-order valence-electron chi connectivity index (χ3n) is 2.59. The van der Waals surface area contributed by atoms with Crippen molar-refractivity contribution in [1.29, 1.82) is 0 Å². The molecule has 7 heteroatoms. The maximum atomic E-state index is 13.5. The smallest absolute Gasteiger partial charge is 0.275 e. The van der Waals surface area contributed by atoms with E-state index in [1.54, 1.807) is 0 Å². The topological polar surface area (TPSA) is 81.9 Å². The lowest BCUT2D eigenvalue weighted by atomic mass is 10.2. The van der Waals surface area contributed by atoms with Crippen LogP contribution >= 0.6 is 11.6 Å². The number of hydrogen-bond donors (Lipinski definition) is 3. The highest BCUT2D eigenvalue weighted by Gasteiger charge is 2.11. The molecule has 0 fully saturated rings. The second-order valence-electron chi connectivity index (χ2n) is 4.04. The van der Waals surface area contributed by atoms with E-state index in [9.17, 15) is 14.3 Å². The first-order valence-electron chi connectivity index (χ1n) is 5.78. The molecule has 2 rings (SSSR count). The van der Waals surface area contributed by atoms with E-state index in [4.69, 9.17) is 16.7 Å². The summed E-state index contributed by atoms with van der Waals surface area (Å²) >= 11 is 5.79. The summed E-state index contributed by atoms with van der Waals surface area (Å²) in [6.45, 7) is 0. The largest absolute Gasteiger partial charge is 0.508 e. The summed E-state index contributed by atoms with van der Waals surface area (Å²) in [4.78, 5) is 11.7. The van der Waals surface area contributed by atoms with Gasteiger partial charge in [0.1, 0.15) is 17.3 Å². The first-order chi connectivity index (χ1) is 9.99. The van der Waals surface area contributed by atoms with Gasteiger partial charge in [-0.2, -0.15) is 5.10 Å². The molecule has 5 nitrogen and oxygen atoms in total. The van der Waals surface area contributed by atoms with Gasteiger partial charge in [-0.3, -0.25) is 4.79 Å². The van der Waals surface area contributed by atoms with E-state index in [1.807, 2.05) is 0 Å². The number of aromatic hydroxyl groups is 2. The van der Waals surface area contributed by atoms with Gasteiger partial charge in [-0.05, 0) is 24.3 Å². The lowest BCUT2D eigenvalue weighted by Crippen LogP contribution is -2.17. The number of hydrazone groups is 1. The predicted molar refractivity (Wildman–Crippen MR) is 76.2 cm³/mol. The SMILES string of the molecule is O=C(N/N=C/c1c(F)cccc1Cl)c1ccc(O)cc1O. The minimum atomic E-state index is -0.712. The van der Waals surface area contributed by atoms with E-state index < -0.39 is 17.5 Å². The average Bonchev–Trinajstić information content (AvgIpc) is 2.42. The molecule has 3 N–H and O–H groups in total. The Morgan fingerprint density at radius 3 is 2.71 bits per heavy atom. The molecule has 0 heterocycles. The Morgan fingerprint density at radius 2 is 2.05 bits per heavy atom. The van der Waals surface area contributed by atoms with Crippen LogP contribution in [0.4, 0.5) is 4.39 Å². The third kappa shape index (κ3) is 3.49. The molecule has 0 saturated heterocycles. The summed E-state index contributed by atoms with van der Waals surface area (Å²) in [7, 11) is 0. The van der Waals surface area contributed by atoms with Crippen LogP contribution in [0.25, 0.3) is 0 Å². The second-order valence-corrected chi connectivity index (χ2v) is 4.44. The van der Waals surface area contributed by atoms with E-state index in [0.717, 1.165) is 12.3 Å². The van der Waals surface area contributed by atoms with Crippen LogP contribution in [-0.4, -0.2) is 22.3 Å². The Bertz CT molecular complexity index is 699. The molecule has 0 atom stereocenters. The van der Waals surface area contributed by atoms with Gasteiger partial charge in [-0.15, -0.1) is 0 Å². The summed E-state index contributed by atoms with van der Waals surface area (Å²) in [5.74, 6) is -1.86. The van der Waals surface area contributed by atoms with Crippen LogP contribution in [0.2, 0.25) is 5.02 Å². The molecule has 2 aromatic rings. The average molecular weight is 309 g/mol. The van der Waals surface area contributed by atoms with E-state index in [1.165, 1.54) is 30.3 Å². The van der Waals surface area contributed by atoms with Crippen LogP contribution in [0.3, 0.4) is 0 Å². The van der Waals surface area contributed by atoms with Crippen molar-refractivity contribution in [3.05, 3.63) is 58.4 Å². The number of nitrogens with zero attached hydrogens (tertiary/aromatic N) is 1. The molecule has 1 amide bonds. The fraction of sp³-hybridized carbons (Fsp3) is 0. The fourth-order valence-electron chi connectivity index (χ4n) is 1.56. The Balaban J connectivity index is 2.12. The molecular formula is C14H10ClFN2O3. The van der Waals surface area contributed by atoms with Crippen molar-refractivity contribution in [2.24, 2.45) is 5.10 Å². The van der Waals surface area contributed by atoms with Crippen LogP contribution in [0.15, 0.2) is 41.5 Å². The summed E-state index contributed by atoms with van der Waals surface area (Å²) in [6.07, 6.45) is 1.06. The molecule has 0 aliphatic heterocycles. The summed E-state index contributed by atoms with van der Waals surface area (Å²) in [5, 5.41) is 22.4. The number of rotatable bonds is 3. The minimum Gasteiger partial charge on any atom is -0.508 e. The quantitative estimate of drug-likeness (QED) is 0.602. The van der Waals surface area contributed by atoms with E-state index in [2.05, 4.69) is 10.5 Å². The molecule has 21 heavy (non-hydrogen) atoms. The maximum absolute atomic E-state index is 13.5. The molecule has 108 valence electrons. The van der Waals surface area contributed by atoms with Gasteiger partial charge in [0.25, 0.3) is 5.91 Å². The first kappa shape index (κ1) is 14.8. The maximum Gasteiger partial charge on any atom is 0.275 e. The number of hydrogen-bond acceptors (Lipinski definition) is 4. The third-order valence-corrected chi connectivity index (χ3v) is 2.91. The number of nitrogens with one attached hydrogen (secondary N) is 1. The highest BCUT2D eigenvalue weighted by molar-refractivity contribution is 6.33. The minimum absolute atomic E-state index is 0.0365. The lowest BCUT2D eigenvalue weighted by molar-refractivity contribution is 0.0952. The van der Waals surface area contributed by atoms with Crippen LogP contribution in [0, 0.1) is 5.82 Å². The van der Waals surface area contributed by atoms with Gasteiger partial charge >= 0.3 is 0 Å². The van der Waals surface area contributed by atoms with Gasteiger partial charge in [-0.25, -0.2) is 9.82 Å². The molecule has 0 unspecified atom stereocenters. The standard InChI is InChI=1S/C14H10ClFN2O3/c15-11-2-1-3-12(16)10(11)7-17-18-14(21)9-5-4-8(19)6-13(9)20/h1-7,19-20H,(H,18,21)/b17-7+. The van der Waals surface area contributed by atoms with Crippen molar-refractivity contribution in [2.75, 3.05) is 0 Å². The van der Waals surface area contributed by atoms with Gasteiger partial charge in [-0.1, -0.05) is 17.7 Å². The van der Waals surface area contributed by atoms with E-state index in [0.29, 0.717) is 0 Å². The van der Waals surface area contributed by atoms with Crippen molar-refractivity contribution in [3.8, 4) is 11.5 Å². The number of phenols is 2. The Hall–Kier alpha value is -2.60. The Kier molecular flexibility index (Phi) is 4.39. The highest BCUT2D eigenvalue weighted by Crippen LogP contribution is 2.22. The van der Waals surface area contributed by atoms with Crippen molar-refractivity contribution in [1.82, 2.24) is 5.43 Å². The fourth-order valence-corrected chi connectivity index (χ4v) is 1.77. The highest BCUT2D eigenvalue weighted by atomic mass is 35.5. The lowest BCUT2D eigenvalue weighted by Gasteiger charge is -2.03. The Labute approximate surface area is 124 Å².